The second-order valence-electron chi connectivity index (χ2n) is 4.18. The molecule has 1 nitrogen and oxygen atoms in total. The van der Waals surface area contributed by atoms with E-state index in [1.807, 2.05) is 0 Å². The lowest BCUT2D eigenvalue weighted by atomic mass is 9.97. The summed E-state index contributed by atoms with van der Waals surface area (Å²) in [6.07, 6.45) is 0.754. The van der Waals surface area contributed by atoms with E-state index in [0.717, 1.165) is 6.42 Å². The van der Waals surface area contributed by atoms with Gasteiger partial charge in [0.15, 0.2) is 0 Å². The standard InChI is InChI=1S/C8H11F2N/c9-8(10)5-1-3-6(7(3)8)4(5)2-11/h3-7H,1-2,11H2/t3?,4-,5+,6?,7?/m0/s1. The summed E-state index contributed by atoms with van der Waals surface area (Å²) in [5, 5.41) is 0. The summed E-state index contributed by atoms with van der Waals surface area (Å²) in [4.78, 5) is 0. The van der Waals surface area contributed by atoms with Gasteiger partial charge in [-0.15, -0.1) is 0 Å². The molecule has 5 atom stereocenters. The van der Waals surface area contributed by atoms with Crippen LogP contribution in [0.5, 0.6) is 0 Å². The van der Waals surface area contributed by atoms with Gasteiger partial charge in [-0.1, -0.05) is 0 Å². The van der Waals surface area contributed by atoms with Crippen LogP contribution in [0.25, 0.3) is 0 Å². The van der Waals surface area contributed by atoms with Gasteiger partial charge in [0.05, 0.1) is 0 Å². The van der Waals surface area contributed by atoms with Crippen LogP contribution in [-0.2, 0) is 0 Å². The highest BCUT2D eigenvalue weighted by molar-refractivity contribution is 5.24. The summed E-state index contributed by atoms with van der Waals surface area (Å²) in [5.74, 6) is -2.16. The van der Waals surface area contributed by atoms with Gasteiger partial charge in [0, 0.05) is 11.8 Å². The van der Waals surface area contributed by atoms with Crippen LogP contribution in [0.4, 0.5) is 8.78 Å². The van der Waals surface area contributed by atoms with Gasteiger partial charge in [0.1, 0.15) is 0 Å². The van der Waals surface area contributed by atoms with Crippen LogP contribution < -0.4 is 5.73 Å². The quantitative estimate of drug-likeness (QED) is 0.609. The topological polar surface area (TPSA) is 26.0 Å². The second kappa shape index (κ2) is 1.47. The Bertz CT molecular complexity index is 216. The minimum Gasteiger partial charge on any atom is -0.330 e. The SMILES string of the molecule is NC[C@@H]1C2C3C[C@H]1C(F)(F)C32. The Morgan fingerprint density at radius 2 is 2.18 bits per heavy atom. The lowest BCUT2D eigenvalue weighted by molar-refractivity contribution is -0.0452. The summed E-state index contributed by atoms with van der Waals surface area (Å²) in [6.45, 7) is 0.470. The zero-order valence-electron chi connectivity index (χ0n) is 6.13. The molecule has 4 aliphatic rings. The van der Waals surface area contributed by atoms with Crippen molar-refractivity contribution in [3.05, 3.63) is 0 Å². The van der Waals surface area contributed by atoms with Gasteiger partial charge in [-0.25, -0.2) is 8.78 Å². The number of rotatable bonds is 1. The molecule has 0 aliphatic heterocycles. The van der Waals surface area contributed by atoms with Crippen molar-refractivity contribution in [2.24, 2.45) is 35.3 Å². The van der Waals surface area contributed by atoms with E-state index >= 15 is 0 Å². The molecular weight excluding hydrogens is 148 g/mol. The molecule has 3 heteroatoms. The highest BCUT2D eigenvalue weighted by Crippen LogP contribution is 2.78. The number of nitrogens with two attached hydrogens (primary N) is 1. The predicted molar refractivity (Wildman–Crippen MR) is 36.1 cm³/mol. The van der Waals surface area contributed by atoms with Crippen molar-refractivity contribution in [3.63, 3.8) is 0 Å². The minimum atomic E-state index is -2.35. The van der Waals surface area contributed by atoms with Crippen LogP contribution in [0, 0.1) is 29.6 Å². The van der Waals surface area contributed by atoms with E-state index in [9.17, 15) is 8.78 Å². The lowest BCUT2D eigenvalue weighted by Gasteiger charge is -2.17. The number of alkyl halides is 2. The molecule has 4 rings (SSSR count). The largest absolute Gasteiger partial charge is 0.330 e. The first kappa shape index (κ1) is 6.35. The maximum atomic E-state index is 13.2. The van der Waals surface area contributed by atoms with E-state index in [4.69, 9.17) is 5.73 Å². The summed E-state index contributed by atoms with van der Waals surface area (Å²) in [5.41, 5.74) is 5.46. The van der Waals surface area contributed by atoms with Gasteiger partial charge >= 0.3 is 0 Å². The smallest absolute Gasteiger partial charge is 0.254 e. The molecule has 62 valence electrons. The summed E-state index contributed by atoms with van der Waals surface area (Å²) < 4.78 is 26.4. The first-order valence-electron chi connectivity index (χ1n) is 4.25. The van der Waals surface area contributed by atoms with Gasteiger partial charge in [-0.05, 0) is 30.7 Å². The maximum absolute atomic E-state index is 13.2. The molecule has 0 spiro atoms. The third-order valence-corrected chi connectivity index (χ3v) is 3.98. The van der Waals surface area contributed by atoms with Crippen LogP contribution in [0.3, 0.4) is 0 Å². The van der Waals surface area contributed by atoms with Gasteiger partial charge in [-0.3, -0.25) is 0 Å². The number of hydrogen-bond donors (Lipinski definition) is 1. The molecule has 0 aromatic carbocycles. The van der Waals surface area contributed by atoms with Crippen molar-refractivity contribution in [2.75, 3.05) is 6.54 Å². The molecular formula is C8H11F2N. The molecule has 4 bridgehead atoms. The van der Waals surface area contributed by atoms with Crippen molar-refractivity contribution in [1.29, 1.82) is 0 Å². The molecule has 0 aromatic rings. The average Bonchev–Trinajstić information content (AvgIpc) is 2.35. The van der Waals surface area contributed by atoms with Crippen LogP contribution in [0.2, 0.25) is 0 Å². The van der Waals surface area contributed by atoms with Crippen molar-refractivity contribution in [2.45, 2.75) is 12.3 Å². The molecule has 11 heavy (non-hydrogen) atoms. The van der Waals surface area contributed by atoms with E-state index in [-0.39, 0.29) is 17.8 Å². The maximum Gasteiger partial charge on any atom is 0.254 e. The van der Waals surface area contributed by atoms with E-state index in [1.165, 1.54) is 0 Å². The fourth-order valence-electron chi connectivity index (χ4n) is 3.58. The molecule has 0 amide bonds. The lowest BCUT2D eigenvalue weighted by Crippen LogP contribution is -2.27. The van der Waals surface area contributed by atoms with E-state index in [2.05, 4.69) is 0 Å². The number of halogens is 2. The fourth-order valence-corrected chi connectivity index (χ4v) is 3.58. The third kappa shape index (κ3) is 0.468. The Labute approximate surface area is 63.9 Å². The molecule has 0 aromatic heterocycles. The average molecular weight is 159 g/mol. The third-order valence-electron chi connectivity index (χ3n) is 3.98. The minimum absolute atomic E-state index is 0.153. The Kier molecular flexibility index (Phi) is 0.847. The summed E-state index contributed by atoms with van der Waals surface area (Å²) >= 11 is 0. The normalized spacial score (nSPS) is 61.9. The molecule has 0 saturated heterocycles. The number of hydrogen-bond acceptors (Lipinski definition) is 1. The van der Waals surface area contributed by atoms with Crippen LogP contribution >= 0.6 is 0 Å². The van der Waals surface area contributed by atoms with Crippen molar-refractivity contribution in [3.8, 4) is 0 Å². The fraction of sp³-hybridized carbons (Fsp3) is 1.00. The van der Waals surface area contributed by atoms with E-state index in [1.54, 1.807) is 0 Å². The van der Waals surface area contributed by atoms with Gasteiger partial charge in [0.25, 0.3) is 5.92 Å². The Balaban J connectivity index is 2.00. The highest BCUT2D eigenvalue weighted by atomic mass is 19.3. The first-order chi connectivity index (χ1) is 5.18. The monoisotopic (exact) mass is 159 g/mol. The van der Waals surface area contributed by atoms with Gasteiger partial charge in [-0.2, -0.15) is 0 Å². The van der Waals surface area contributed by atoms with Crippen LogP contribution in [0.1, 0.15) is 6.42 Å². The van der Waals surface area contributed by atoms with E-state index in [0.29, 0.717) is 18.4 Å². The van der Waals surface area contributed by atoms with E-state index < -0.39 is 5.92 Å². The van der Waals surface area contributed by atoms with Crippen molar-refractivity contribution >= 4 is 0 Å². The molecule has 0 heterocycles. The van der Waals surface area contributed by atoms with Crippen molar-refractivity contribution < 1.29 is 8.78 Å². The Hall–Kier alpha value is -0.180. The molecule has 4 fully saturated rings. The van der Waals surface area contributed by atoms with Crippen LogP contribution in [-0.4, -0.2) is 12.5 Å². The van der Waals surface area contributed by atoms with Crippen LogP contribution in [0.15, 0.2) is 0 Å². The van der Waals surface area contributed by atoms with Crippen molar-refractivity contribution in [1.82, 2.24) is 0 Å². The molecule has 2 N–H and O–H groups in total. The predicted octanol–water partition coefficient (Wildman–Crippen LogP) is 1.09. The Morgan fingerprint density at radius 3 is 2.36 bits per heavy atom. The Morgan fingerprint density at radius 1 is 1.45 bits per heavy atom. The molecule has 3 unspecified atom stereocenters. The van der Waals surface area contributed by atoms with Gasteiger partial charge in [0.2, 0.25) is 0 Å². The zero-order valence-corrected chi connectivity index (χ0v) is 6.13. The highest BCUT2D eigenvalue weighted by Gasteiger charge is 2.81. The zero-order chi connectivity index (χ0) is 7.80. The first-order valence-corrected chi connectivity index (χ1v) is 4.25. The summed E-state index contributed by atoms with van der Waals surface area (Å²) in [7, 11) is 0. The second-order valence-corrected chi connectivity index (χ2v) is 4.18. The molecule has 4 aliphatic carbocycles. The summed E-state index contributed by atoms with van der Waals surface area (Å²) in [6, 6.07) is 0. The van der Waals surface area contributed by atoms with Gasteiger partial charge < -0.3 is 5.73 Å². The molecule has 0 radical (unpaired) electrons. The molecule has 4 saturated carbocycles.